The van der Waals surface area contributed by atoms with Gasteiger partial charge >= 0.3 is 0 Å². The van der Waals surface area contributed by atoms with E-state index in [-0.39, 0.29) is 17.9 Å². The summed E-state index contributed by atoms with van der Waals surface area (Å²) in [6, 6.07) is 0. The van der Waals surface area contributed by atoms with Crippen molar-refractivity contribution >= 4 is 11.9 Å². The number of rotatable bonds is 4. The van der Waals surface area contributed by atoms with Gasteiger partial charge in [-0.15, -0.1) is 0 Å². The Morgan fingerprint density at radius 2 is 2.21 bits per heavy atom. The van der Waals surface area contributed by atoms with Crippen LogP contribution in [0, 0.1) is 13.8 Å². The van der Waals surface area contributed by atoms with E-state index in [0.717, 1.165) is 0 Å². The van der Waals surface area contributed by atoms with Crippen LogP contribution in [0.1, 0.15) is 23.5 Å². The molecule has 0 saturated carbocycles. The summed E-state index contributed by atoms with van der Waals surface area (Å²) >= 11 is 0. The number of aromatic nitrogens is 4. The van der Waals surface area contributed by atoms with Crippen molar-refractivity contribution in [2.45, 2.75) is 26.7 Å². The van der Waals surface area contributed by atoms with E-state index in [1.54, 1.807) is 26.2 Å². The van der Waals surface area contributed by atoms with Crippen molar-refractivity contribution in [3.63, 3.8) is 0 Å². The van der Waals surface area contributed by atoms with Crippen molar-refractivity contribution in [2.24, 2.45) is 0 Å². The third kappa shape index (κ3) is 3.27. The Balaban J connectivity index is 1.99. The van der Waals surface area contributed by atoms with Crippen LogP contribution in [0.2, 0.25) is 0 Å². The highest BCUT2D eigenvalue weighted by Gasteiger charge is 2.10. The van der Waals surface area contributed by atoms with Crippen molar-refractivity contribution in [1.82, 2.24) is 19.9 Å². The number of aryl methyl sites for hydroxylation is 2. The highest BCUT2D eigenvalue weighted by Crippen LogP contribution is 2.04. The molecular formula is C12H15N5O2. The highest BCUT2D eigenvalue weighted by atomic mass is 16.1. The summed E-state index contributed by atoms with van der Waals surface area (Å²) in [5.41, 5.74) is 1.02. The van der Waals surface area contributed by atoms with Crippen molar-refractivity contribution in [2.75, 3.05) is 5.32 Å². The number of aromatic amines is 2. The molecule has 7 nitrogen and oxygen atoms in total. The summed E-state index contributed by atoms with van der Waals surface area (Å²) in [5, 5.41) is 2.60. The van der Waals surface area contributed by atoms with Crippen LogP contribution in [-0.2, 0) is 11.2 Å². The topological polar surface area (TPSA) is 104 Å². The molecule has 3 N–H and O–H groups in total. The van der Waals surface area contributed by atoms with Gasteiger partial charge in [-0.05, 0) is 20.3 Å². The molecule has 0 aliphatic rings. The second kappa shape index (κ2) is 5.47. The molecule has 7 heteroatoms. The number of hydrogen-bond acceptors (Lipinski definition) is 4. The van der Waals surface area contributed by atoms with E-state index < -0.39 is 0 Å². The van der Waals surface area contributed by atoms with Crippen molar-refractivity contribution < 1.29 is 4.79 Å². The number of carbonyl (C=O) groups excluding carboxylic acids is 1. The standard InChI is InChI=1S/C12H15N5O2/c1-7-9(11(19)16-8(2)15-7)3-4-10(18)17-12-13-5-6-14-12/h5-6H,3-4H2,1-2H3,(H,15,16,19)(H2,13,14,17,18). The van der Waals surface area contributed by atoms with Gasteiger partial charge in [0.15, 0.2) is 0 Å². The Morgan fingerprint density at radius 1 is 1.42 bits per heavy atom. The number of nitrogens with one attached hydrogen (secondary N) is 3. The van der Waals surface area contributed by atoms with Gasteiger partial charge in [-0.1, -0.05) is 0 Å². The van der Waals surface area contributed by atoms with E-state index >= 15 is 0 Å². The van der Waals surface area contributed by atoms with Crippen LogP contribution >= 0.6 is 0 Å². The summed E-state index contributed by atoms with van der Waals surface area (Å²) in [5.74, 6) is 0.776. The fourth-order valence-electron chi connectivity index (χ4n) is 1.81. The van der Waals surface area contributed by atoms with E-state index in [4.69, 9.17) is 0 Å². The van der Waals surface area contributed by atoms with Crippen LogP contribution in [0.3, 0.4) is 0 Å². The lowest BCUT2D eigenvalue weighted by atomic mass is 10.1. The first kappa shape index (κ1) is 13.0. The Morgan fingerprint density at radius 3 is 2.84 bits per heavy atom. The van der Waals surface area contributed by atoms with Gasteiger partial charge in [-0.2, -0.15) is 0 Å². The molecule has 0 atom stereocenters. The molecule has 0 bridgehead atoms. The minimum atomic E-state index is -0.200. The van der Waals surface area contributed by atoms with E-state index in [0.29, 0.717) is 29.5 Å². The molecule has 1 amide bonds. The first-order chi connectivity index (χ1) is 9.06. The molecule has 0 aliphatic heterocycles. The first-order valence-corrected chi connectivity index (χ1v) is 5.92. The van der Waals surface area contributed by atoms with Crippen molar-refractivity contribution in [1.29, 1.82) is 0 Å². The van der Waals surface area contributed by atoms with Crippen molar-refractivity contribution in [3.05, 3.63) is 39.8 Å². The van der Waals surface area contributed by atoms with Gasteiger partial charge in [-0.25, -0.2) is 9.97 Å². The predicted octanol–water partition coefficient (Wildman–Crippen LogP) is 0.681. The number of hydrogen-bond donors (Lipinski definition) is 3. The molecule has 0 fully saturated rings. The smallest absolute Gasteiger partial charge is 0.254 e. The third-order valence-corrected chi connectivity index (χ3v) is 2.70. The number of imidazole rings is 1. The summed E-state index contributed by atoms with van der Waals surface area (Å²) in [6.45, 7) is 3.49. The van der Waals surface area contributed by atoms with Gasteiger partial charge in [0.25, 0.3) is 5.56 Å². The highest BCUT2D eigenvalue weighted by molar-refractivity contribution is 5.89. The maximum atomic E-state index is 11.7. The second-order valence-electron chi connectivity index (χ2n) is 4.20. The molecule has 19 heavy (non-hydrogen) atoms. The maximum Gasteiger partial charge on any atom is 0.254 e. The Hall–Kier alpha value is -2.44. The minimum Gasteiger partial charge on any atom is -0.331 e. The average Bonchev–Trinajstić information content (AvgIpc) is 2.80. The van der Waals surface area contributed by atoms with Crippen LogP contribution in [0.4, 0.5) is 5.95 Å². The Labute approximate surface area is 109 Å². The molecule has 2 aromatic rings. The lowest BCUT2D eigenvalue weighted by Crippen LogP contribution is -2.20. The molecule has 0 spiro atoms. The quantitative estimate of drug-likeness (QED) is 0.752. The predicted molar refractivity (Wildman–Crippen MR) is 69.9 cm³/mol. The first-order valence-electron chi connectivity index (χ1n) is 5.92. The largest absolute Gasteiger partial charge is 0.331 e. The molecule has 100 valence electrons. The lowest BCUT2D eigenvalue weighted by Gasteiger charge is -2.05. The minimum absolute atomic E-state index is 0.184. The molecule has 0 aliphatic carbocycles. The summed E-state index contributed by atoms with van der Waals surface area (Å²) in [4.78, 5) is 36.9. The van der Waals surface area contributed by atoms with Gasteiger partial charge in [0.1, 0.15) is 5.82 Å². The zero-order valence-electron chi connectivity index (χ0n) is 10.8. The maximum absolute atomic E-state index is 11.7. The van der Waals surface area contributed by atoms with Crippen LogP contribution in [0.15, 0.2) is 17.2 Å². The molecule has 0 unspecified atom stereocenters. The summed E-state index contributed by atoms with van der Waals surface area (Å²) < 4.78 is 0. The monoisotopic (exact) mass is 261 g/mol. The average molecular weight is 261 g/mol. The van der Waals surface area contributed by atoms with Crippen molar-refractivity contribution in [3.8, 4) is 0 Å². The summed E-state index contributed by atoms with van der Waals surface area (Å²) in [7, 11) is 0. The van der Waals surface area contributed by atoms with Gasteiger partial charge in [0.05, 0.1) is 0 Å². The van der Waals surface area contributed by atoms with E-state index in [1.165, 1.54) is 0 Å². The third-order valence-electron chi connectivity index (χ3n) is 2.70. The number of carbonyl (C=O) groups is 1. The number of amides is 1. The molecule has 0 saturated heterocycles. The molecular weight excluding hydrogens is 246 g/mol. The zero-order valence-corrected chi connectivity index (χ0v) is 10.8. The van der Waals surface area contributed by atoms with Gasteiger partial charge < -0.3 is 9.97 Å². The van der Waals surface area contributed by atoms with Gasteiger partial charge in [-0.3, -0.25) is 14.9 Å². The fraction of sp³-hybridized carbons (Fsp3) is 0.333. The number of H-pyrrole nitrogens is 2. The van der Waals surface area contributed by atoms with E-state index in [2.05, 4.69) is 25.3 Å². The normalized spacial score (nSPS) is 10.4. The fourth-order valence-corrected chi connectivity index (χ4v) is 1.81. The second-order valence-corrected chi connectivity index (χ2v) is 4.20. The van der Waals surface area contributed by atoms with Gasteiger partial charge in [0.2, 0.25) is 11.9 Å². The van der Waals surface area contributed by atoms with Crippen LogP contribution in [0.5, 0.6) is 0 Å². The molecule has 2 aromatic heterocycles. The molecule has 2 heterocycles. The number of nitrogens with zero attached hydrogens (tertiary/aromatic N) is 2. The molecule has 2 rings (SSSR count). The van der Waals surface area contributed by atoms with E-state index in [1.807, 2.05) is 0 Å². The zero-order chi connectivity index (χ0) is 13.8. The Bertz CT molecular complexity index is 630. The van der Waals surface area contributed by atoms with E-state index in [9.17, 15) is 9.59 Å². The Kier molecular flexibility index (Phi) is 3.74. The van der Waals surface area contributed by atoms with Crippen LogP contribution < -0.4 is 10.9 Å². The summed E-state index contributed by atoms with van der Waals surface area (Å²) in [6.07, 6.45) is 3.72. The lowest BCUT2D eigenvalue weighted by molar-refractivity contribution is -0.116. The van der Waals surface area contributed by atoms with Crippen LogP contribution in [0.25, 0.3) is 0 Å². The van der Waals surface area contributed by atoms with Crippen LogP contribution in [-0.4, -0.2) is 25.8 Å². The molecule has 0 radical (unpaired) electrons. The SMILES string of the molecule is Cc1nc(C)c(CCC(=O)Nc2ncc[nH]2)c(=O)[nH]1. The molecule has 0 aromatic carbocycles. The number of anilines is 1. The van der Waals surface area contributed by atoms with Gasteiger partial charge in [0, 0.05) is 30.1 Å².